The van der Waals surface area contributed by atoms with Crippen molar-refractivity contribution >= 4 is 11.6 Å². The summed E-state index contributed by atoms with van der Waals surface area (Å²) in [5, 5.41) is 0. The fraction of sp³-hybridized carbons (Fsp3) is 0.381. The Morgan fingerprint density at radius 2 is 1.50 bits per heavy atom. The molecule has 0 radical (unpaired) electrons. The van der Waals surface area contributed by atoms with Crippen LogP contribution in [-0.2, 0) is 4.79 Å². The van der Waals surface area contributed by atoms with E-state index in [9.17, 15) is 4.79 Å². The summed E-state index contributed by atoms with van der Waals surface area (Å²) >= 11 is 0. The summed E-state index contributed by atoms with van der Waals surface area (Å²) < 4.78 is 11.2. The van der Waals surface area contributed by atoms with E-state index in [4.69, 9.17) is 9.47 Å². The molecule has 0 unspecified atom stereocenters. The highest BCUT2D eigenvalue weighted by Gasteiger charge is 2.21. The summed E-state index contributed by atoms with van der Waals surface area (Å²) in [6.07, 6.45) is 0.976. The van der Waals surface area contributed by atoms with Gasteiger partial charge in [0.1, 0.15) is 11.5 Å². The second-order valence-corrected chi connectivity index (χ2v) is 6.31. The van der Waals surface area contributed by atoms with Gasteiger partial charge in [0.2, 0.25) is 0 Å². The van der Waals surface area contributed by atoms with Crippen LogP contribution < -0.4 is 14.4 Å². The fourth-order valence-corrected chi connectivity index (χ4v) is 2.94. The highest BCUT2D eigenvalue weighted by atomic mass is 16.5. The Kier molecular flexibility index (Phi) is 6.36. The van der Waals surface area contributed by atoms with Gasteiger partial charge in [-0.2, -0.15) is 0 Å². The van der Waals surface area contributed by atoms with Crippen LogP contribution in [0.25, 0.3) is 0 Å². The number of rotatable bonds is 7. The van der Waals surface area contributed by atoms with Crippen LogP contribution in [-0.4, -0.2) is 50.2 Å². The van der Waals surface area contributed by atoms with Crippen molar-refractivity contribution in [3.8, 4) is 11.5 Å². The van der Waals surface area contributed by atoms with E-state index in [1.807, 2.05) is 47.4 Å². The second kappa shape index (κ2) is 9.13. The molecule has 0 saturated carbocycles. The van der Waals surface area contributed by atoms with Gasteiger partial charge in [-0.05, 0) is 42.8 Å². The SMILES string of the molecule is CCCOc1ccc(OCC(=O)N2CCN(c3ccccc3)CC2)cc1. The van der Waals surface area contributed by atoms with E-state index in [1.54, 1.807) is 0 Å². The number of anilines is 1. The van der Waals surface area contributed by atoms with E-state index in [1.165, 1.54) is 5.69 Å². The van der Waals surface area contributed by atoms with Crippen LogP contribution in [0.2, 0.25) is 0 Å². The van der Waals surface area contributed by atoms with E-state index >= 15 is 0 Å². The van der Waals surface area contributed by atoms with Crippen molar-refractivity contribution in [3.05, 3.63) is 54.6 Å². The molecule has 26 heavy (non-hydrogen) atoms. The van der Waals surface area contributed by atoms with Crippen molar-refractivity contribution in [1.82, 2.24) is 4.90 Å². The topological polar surface area (TPSA) is 42.0 Å². The van der Waals surface area contributed by atoms with E-state index in [2.05, 4.69) is 24.0 Å². The van der Waals surface area contributed by atoms with Crippen LogP contribution in [0.15, 0.2) is 54.6 Å². The molecule has 2 aromatic rings. The Bertz CT molecular complexity index is 680. The zero-order valence-electron chi connectivity index (χ0n) is 15.3. The number of para-hydroxylation sites is 1. The molecule has 0 aromatic heterocycles. The minimum Gasteiger partial charge on any atom is -0.494 e. The summed E-state index contributed by atoms with van der Waals surface area (Å²) in [4.78, 5) is 16.6. The van der Waals surface area contributed by atoms with Crippen molar-refractivity contribution in [2.45, 2.75) is 13.3 Å². The molecule has 0 bridgehead atoms. The van der Waals surface area contributed by atoms with Gasteiger partial charge in [0.15, 0.2) is 6.61 Å². The number of amides is 1. The van der Waals surface area contributed by atoms with E-state index in [0.29, 0.717) is 12.4 Å². The molecule has 1 fully saturated rings. The lowest BCUT2D eigenvalue weighted by atomic mass is 10.2. The highest BCUT2D eigenvalue weighted by Crippen LogP contribution is 2.18. The Morgan fingerprint density at radius 1 is 0.885 bits per heavy atom. The molecule has 1 saturated heterocycles. The molecule has 3 rings (SSSR count). The summed E-state index contributed by atoms with van der Waals surface area (Å²) in [7, 11) is 0. The lowest BCUT2D eigenvalue weighted by Gasteiger charge is -2.36. The molecule has 0 N–H and O–H groups in total. The third-order valence-corrected chi connectivity index (χ3v) is 4.41. The first-order valence-corrected chi connectivity index (χ1v) is 9.19. The average Bonchev–Trinajstić information content (AvgIpc) is 2.72. The van der Waals surface area contributed by atoms with Crippen LogP contribution >= 0.6 is 0 Å². The minimum absolute atomic E-state index is 0.0315. The average molecular weight is 354 g/mol. The number of carbonyl (C=O) groups is 1. The van der Waals surface area contributed by atoms with Gasteiger partial charge in [0, 0.05) is 31.9 Å². The van der Waals surface area contributed by atoms with Gasteiger partial charge < -0.3 is 19.3 Å². The molecule has 5 heteroatoms. The van der Waals surface area contributed by atoms with E-state index < -0.39 is 0 Å². The molecule has 1 amide bonds. The number of hydrogen-bond donors (Lipinski definition) is 0. The molecule has 0 aliphatic carbocycles. The predicted octanol–water partition coefficient (Wildman–Crippen LogP) is 3.20. The first-order valence-electron chi connectivity index (χ1n) is 9.19. The van der Waals surface area contributed by atoms with Crippen molar-refractivity contribution in [1.29, 1.82) is 0 Å². The van der Waals surface area contributed by atoms with Gasteiger partial charge in [0.05, 0.1) is 6.61 Å². The second-order valence-electron chi connectivity index (χ2n) is 6.31. The quantitative estimate of drug-likeness (QED) is 0.766. The highest BCUT2D eigenvalue weighted by molar-refractivity contribution is 5.78. The predicted molar refractivity (Wildman–Crippen MR) is 103 cm³/mol. The summed E-state index contributed by atoms with van der Waals surface area (Å²) in [5.41, 5.74) is 1.21. The summed E-state index contributed by atoms with van der Waals surface area (Å²) in [6.45, 7) is 5.98. The molecule has 5 nitrogen and oxygen atoms in total. The first-order chi connectivity index (χ1) is 12.8. The van der Waals surface area contributed by atoms with Crippen LogP contribution in [0.5, 0.6) is 11.5 Å². The summed E-state index contributed by atoms with van der Waals surface area (Å²) in [5.74, 6) is 1.54. The van der Waals surface area contributed by atoms with Gasteiger partial charge in [-0.15, -0.1) is 0 Å². The largest absolute Gasteiger partial charge is 0.494 e. The molecule has 0 spiro atoms. The molecule has 1 aliphatic rings. The van der Waals surface area contributed by atoms with Crippen molar-refractivity contribution < 1.29 is 14.3 Å². The van der Waals surface area contributed by atoms with Gasteiger partial charge in [-0.3, -0.25) is 4.79 Å². The number of piperazine rings is 1. The number of hydrogen-bond acceptors (Lipinski definition) is 4. The fourth-order valence-electron chi connectivity index (χ4n) is 2.94. The van der Waals surface area contributed by atoms with Gasteiger partial charge in [-0.25, -0.2) is 0 Å². The monoisotopic (exact) mass is 354 g/mol. The Balaban J connectivity index is 1.43. The van der Waals surface area contributed by atoms with Crippen LogP contribution in [0, 0.1) is 0 Å². The third-order valence-electron chi connectivity index (χ3n) is 4.41. The van der Waals surface area contributed by atoms with E-state index in [-0.39, 0.29) is 12.5 Å². The third kappa shape index (κ3) is 4.91. The summed E-state index contributed by atoms with van der Waals surface area (Å²) in [6, 6.07) is 17.7. The maximum Gasteiger partial charge on any atom is 0.260 e. The zero-order chi connectivity index (χ0) is 18.2. The number of benzene rings is 2. The molecule has 2 aromatic carbocycles. The normalized spacial score (nSPS) is 14.2. The lowest BCUT2D eigenvalue weighted by molar-refractivity contribution is -0.133. The zero-order valence-corrected chi connectivity index (χ0v) is 15.3. The molecule has 1 aliphatic heterocycles. The number of nitrogens with zero attached hydrogens (tertiary/aromatic N) is 2. The van der Waals surface area contributed by atoms with Gasteiger partial charge >= 0.3 is 0 Å². The Labute approximate surface area is 155 Å². The number of ether oxygens (including phenoxy) is 2. The molecule has 0 atom stereocenters. The lowest BCUT2D eigenvalue weighted by Crippen LogP contribution is -2.50. The van der Waals surface area contributed by atoms with Crippen molar-refractivity contribution in [2.24, 2.45) is 0 Å². The van der Waals surface area contributed by atoms with Crippen LogP contribution in [0.4, 0.5) is 5.69 Å². The standard InChI is InChI=1S/C21H26N2O3/c1-2-16-25-19-8-10-20(11-9-19)26-17-21(24)23-14-12-22(13-15-23)18-6-4-3-5-7-18/h3-11H,2,12-17H2,1H3. The van der Waals surface area contributed by atoms with Gasteiger partial charge in [-0.1, -0.05) is 25.1 Å². The Morgan fingerprint density at radius 3 is 2.12 bits per heavy atom. The smallest absolute Gasteiger partial charge is 0.260 e. The van der Waals surface area contributed by atoms with Crippen LogP contribution in [0.1, 0.15) is 13.3 Å². The maximum atomic E-state index is 12.4. The molecule has 1 heterocycles. The van der Waals surface area contributed by atoms with Crippen molar-refractivity contribution in [3.63, 3.8) is 0 Å². The maximum absolute atomic E-state index is 12.4. The van der Waals surface area contributed by atoms with E-state index in [0.717, 1.165) is 38.3 Å². The number of carbonyl (C=O) groups excluding carboxylic acids is 1. The van der Waals surface area contributed by atoms with Gasteiger partial charge in [0.25, 0.3) is 5.91 Å². The van der Waals surface area contributed by atoms with Crippen LogP contribution in [0.3, 0.4) is 0 Å². The minimum atomic E-state index is 0.0315. The molecular formula is C21H26N2O3. The molecular weight excluding hydrogens is 328 g/mol. The van der Waals surface area contributed by atoms with Crippen molar-refractivity contribution in [2.75, 3.05) is 44.3 Å². The first kappa shape index (κ1) is 18.1. The Hall–Kier alpha value is -2.69. The molecule has 138 valence electrons.